The minimum Gasteiger partial charge on any atom is -0.340 e. The van der Waals surface area contributed by atoms with Gasteiger partial charge in [0, 0.05) is 43.6 Å². The van der Waals surface area contributed by atoms with E-state index in [2.05, 4.69) is 71.5 Å². The number of benzene rings is 1. The van der Waals surface area contributed by atoms with Gasteiger partial charge in [-0.1, -0.05) is 24.3 Å². The van der Waals surface area contributed by atoms with Gasteiger partial charge in [0.15, 0.2) is 0 Å². The van der Waals surface area contributed by atoms with Gasteiger partial charge in [0.25, 0.3) is 0 Å². The van der Waals surface area contributed by atoms with Crippen LogP contribution in [0, 0.1) is 13.8 Å². The molecule has 32 heavy (non-hydrogen) atoms. The Bertz CT molecular complexity index is 1030. The van der Waals surface area contributed by atoms with Crippen LogP contribution in [0.2, 0.25) is 0 Å². The summed E-state index contributed by atoms with van der Waals surface area (Å²) in [6, 6.07) is 15.5. The summed E-state index contributed by atoms with van der Waals surface area (Å²) in [5, 5.41) is 3.75. The molecule has 0 saturated heterocycles. The van der Waals surface area contributed by atoms with Gasteiger partial charge >= 0.3 is 0 Å². The van der Waals surface area contributed by atoms with E-state index < -0.39 is 0 Å². The molecule has 0 aliphatic carbocycles. The second-order valence-corrected chi connectivity index (χ2v) is 8.84. The Morgan fingerprint density at radius 3 is 2.75 bits per heavy atom. The van der Waals surface area contributed by atoms with Crippen molar-refractivity contribution in [2.45, 2.75) is 58.5 Å². The number of anilines is 2. The molecule has 4 rings (SSSR count). The van der Waals surface area contributed by atoms with Crippen molar-refractivity contribution in [3.8, 4) is 0 Å². The SMILES string of the molecule is Cc1cnc(CNC(CCCN)Cc2ncccc2N2CCCc3ccccc32)c(C)c1. The van der Waals surface area contributed by atoms with Crippen LogP contribution in [0.5, 0.6) is 0 Å². The van der Waals surface area contributed by atoms with Crippen LogP contribution in [0.15, 0.2) is 54.9 Å². The van der Waals surface area contributed by atoms with Crippen LogP contribution in [0.25, 0.3) is 0 Å². The van der Waals surface area contributed by atoms with Crippen LogP contribution in [0.1, 0.15) is 47.3 Å². The molecule has 0 fully saturated rings. The van der Waals surface area contributed by atoms with E-state index in [1.54, 1.807) is 0 Å². The highest BCUT2D eigenvalue weighted by Gasteiger charge is 2.22. The lowest BCUT2D eigenvalue weighted by Crippen LogP contribution is -2.33. The number of nitrogens with two attached hydrogens (primary N) is 1. The predicted octanol–water partition coefficient (Wildman–Crippen LogP) is 4.62. The fourth-order valence-corrected chi connectivity index (χ4v) is 4.66. The summed E-state index contributed by atoms with van der Waals surface area (Å²) in [5.41, 5.74) is 14.5. The van der Waals surface area contributed by atoms with Gasteiger partial charge in [0.1, 0.15) is 0 Å². The number of nitrogens with one attached hydrogen (secondary N) is 1. The Balaban J connectivity index is 1.54. The third-order valence-electron chi connectivity index (χ3n) is 6.35. The molecule has 168 valence electrons. The topological polar surface area (TPSA) is 67.1 Å². The number of pyridine rings is 2. The summed E-state index contributed by atoms with van der Waals surface area (Å²) < 4.78 is 0. The van der Waals surface area contributed by atoms with E-state index in [4.69, 9.17) is 10.7 Å². The Hall–Kier alpha value is -2.76. The molecule has 1 atom stereocenters. The highest BCUT2D eigenvalue weighted by atomic mass is 15.2. The summed E-state index contributed by atoms with van der Waals surface area (Å²) in [5.74, 6) is 0. The number of hydrogen-bond acceptors (Lipinski definition) is 5. The highest BCUT2D eigenvalue weighted by molar-refractivity contribution is 5.69. The molecule has 3 aromatic rings. The maximum Gasteiger partial charge on any atom is 0.0655 e. The van der Waals surface area contributed by atoms with Crippen LogP contribution >= 0.6 is 0 Å². The van der Waals surface area contributed by atoms with E-state index in [0.717, 1.165) is 50.2 Å². The molecule has 3 heterocycles. The molecule has 1 aliphatic heterocycles. The van der Waals surface area contributed by atoms with Crippen LogP contribution in [-0.4, -0.2) is 29.1 Å². The first-order valence-electron chi connectivity index (χ1n) is 11.8. The van der Waals surface area contributed by atoms with Crippen molar-refractivity contribution in [2.24, 2.45) is 5.73 Å². The van der Waals surface area contributed by atoms with E-state index in [0.29, 0.717) is 12.6 Å². The molecule has 3 N–H and O–H groups in total. The van der Waals surface area contributed by atoms with Gasteiger partial charge in [0.2, 0.25) is 0 Å². The van der Waals surface area contributed by atoms with Gasteiger partial charge in [-0.2, -0.15) is 0 Å². The van der Waals surface area contributed by atoms with Gasteiger partial charge in [-0.3, -0.25) is 9.97 Å². The molecular formula is C27H35N5. The predicted molar refractivity (Wildman–Crippen MR) is 132 cm³/mol. The number of rotatable bonds is 9. The van der Waals surface area contributed by atoms with Crippen LogP contribution in [0.4, 0.5) is 11.4 Å². The van der Waals surface area contributed by atoms with Gasteiger partial charge in [-0.15, -0.1) is 0 Å². The van der Waals surface area contributed by atoms with Crippen LogP contribution < -0.4 is 16.0 Å². The second kappa shape index (κ2) is 10.7. The summed E-state index contributed by atoms with van der Waals surface area (Å²) in [6.07, 6.45) is 9.06. The molecule has 5 heteroatoms. The first-order valence-corrected chi connectivity index (χ1v) is 11.8. The van der Waals surface area contributed by atoms with Crippen molar-refractivity contribution >= 4 is 11.4 Å². The van der Waals surface area contributed by atoms with Gasteiger partial charge < -0.3 is 16.0 Å². The molecule has 1 aliphatic rings. The molecule has 1 aromatic carbocycles. The Morgan fingerprint density at radius 1 is 1.06 bits per heavy atom. The van der Waals surface area contributed by atoms with E-state index >= 15 is 0 Å². The number of aryl methyl sites for hydroxylation is 3. The molecule has 1 unspecified atom stereocenters. The zero-order valence-electron chi connectivity index (χ0n) is 19.3. The van der Waals surface area contributed by atoms with Crippen molar-refractivity contribution in [1.29, 1.82) is 0 Å². The fraction of sp³-hybridized carbons (Fsp3) is 0.407. The summed E-state index contributed by atoms with van der Waals surface area (Å²) in [4.78, 5) is 11.9. The normalized spacial score (nSPS) is 14.3. The Labute approximate surface area is 192 Å². The maximum atomic E-state index is 5.85. The maximum absolute atomic E-state index is 5.85. The molecule has 0 saturated carbocycles. The molecule has 0 radical (unpaired) electrons. The van der Waals surface area contributed by atoms with Crippen molar-refractivity contribution in [3.05, 3.63) is 82.9 Å². The first-order chi connectivity index (χ1) is 15.7. The average molecular weight is 430 g/mol. The summed E-state index contributed by atoms with van der Waals surface area (Å²) >= 11 is 0. The average Bonchev–Trinajstić information content (AvgIpc) is 2.81. The lowest BCUT2D eigenvalue weighted by Gasteiger charge is -2.33. The number of fused-ring (bicyclic) bond motifs is 1. The van der Waals surface area contributed by atoms with E-state index in [1.807, 2.05) is 12.4 Å². The monoisotopic (exact) mass is 429 g/mol. The van der Waals surface area contributed by atoms with Crippen molar-refractivity contribution in [2.75, 3.05) is 18.0 Å². The number of aromatic nitrogens is 2. The highest BCUT2D eigenvalue weighted by Crippen LogP contribution is 2.35. The van der Waals surface area contributed by atoms with E-state index in [1.165, 1.54) is 34.5 Å². The largest absolute Gasteiger partial charge is 0.340 e. The fourth-order valence-electron chi connectivity index (χ4n) is 4.66. The van der Waals surface area contributed by atoms with E-state index in [-0.39, 0.29) is 0 Å². The number of nitrogens with zero attached hydrogens (tertiary/aromatic N) is 3. The quantitative estimate of drug-likeness (QED) is 0.520. The summed E-state index contributed by atoms with van der Waals surface area (Å²) in [7, 11) is 0. The number of para-hydroxylation sites is 1. The van der Waals surface area contributed by atoms with Crippen LogP contribution in [-0.2, 0) is 19.4 Å². The molecule has 5 nitrogen and oxygen atoms in total. The second-order valence-electron chi connectivity index (χ2n) is 8.84. The summed E-state index contributed by atoms with van der Waals surface area (Å²) in [6.45, 7) is 6.72. The first kappa shape index (κ1) is 22.4. The lowest BCUT2D eigenvalue weighted by molar-refractivity contribution is 0.458. The van der Waals surface area contributed by atoms with Crippen molar-refractivity contribution in [1.82, 2.24) is 15.3 Å². The molecule has 2 aromatic heterocycles. The minimum absolute atomic E-state index is 0.301. The van der Waals surface area contributed by atoms with Crippen molar-refractivity contribution < 1.29 is 0 Å². The minimum atomic E-state index is 0.301. The molecule has 0 bridgehead atoms. The zero-order chi connectivity index (χ0) is 22.3. The molecule has 0 amide bonds. The number of hydrogen-bond donors (Lipinski definition) is 2. The van der Waals surface area contributed by atoms with E-state index in [9.17, 15) is 0 Å². The smallest absolute Gasteiger partial charge is 0.0655 e. The third-order valence-corrected chi connectivity index (χ3v) is 6.35. The zero-order valence-corrected chi connectivity index (χ0v) is 19.3. The van der Waals surface area contributed by atoms with Crippen molar-refractivity contribution in [3.63, 3.8) is 0 Å². The van der Waals surface area contributed by atoms with Gasteiger partial charge in [-0.05, 0) is 81.0 Å². The Morgan fingerprint density at radius 2 is 1.91 bits per heavy atom. The standard InChI is InChI=1S/C27H35N5/c1-20-16-21(2)25(31-18-20)19-30-23(10-5-13-28)17-24-27(12-6-14-29-24)32-15-7-9-22-8-3-4-11-26(22)32/h3-4,6,8,11-12,14,16,18,23,30H,5,7,9-10,13,15,17,19,28H2,1-2H3. The van der Waals surface area contributed by atoms with Crippen LogP contribution in [0.3, 0.4) is 0 Å². The molecular weight excluding hydrogens is 394 g/mol. The van der Waals surface area contributed by atoms with Gasteiger partial charge in [0.05, 0.1) is 17.1 Å². The Kier molecular flexibility index (Phi) is 7.51. The lowest BCUT2D eigenvalue weighted by atomic mass is 9.99. The van der Waals surface area contributed by atoms with Gasteiger partial charge in [-0.25, -0.2) is 0 Å². The molecule has 0 spiro atoms. The third kappa shape index (κ3) is 5.34.